The van der Waals surface area contributed by atoms with Crippen LogP contribution in [0.15, 0.2) is 76.5 Å². The van der Waals surface area contributed by atoms with Crippen molar-refractivity contribution >= 4 is 15.7 Å². The van der Waals surface area contributed by atoms with Crippen molar-refractivity contribution in [3.8, 4) is 0 Å². The van der Waals surface area contributed by atoms with Crippen LogP contribution in [0.25, 0.3) is 0 Å². The van der Waals surface area contributed by atoms with Crippen LogP contribution in [0.3, 0.4) is 0 Å². The number of aryl methyl sites for hydroxylation is 2. The van der Waals surface area contributed by atoms with Crippen LogP contribution >= 0.6 is 0 Å². The highest BCUT2D eigenvalue weighted by Gasteiger charge is 2.23. The summed E-state index contributed by atoms with van der Waals surface area (Å²) in [5.41, 5.74) is 6.38. The van der Waals surface area contributed by atoms with Crippen molar-refractivity contribution in [3.05, 3.63) is 95.1 Å². The number of sulfone groups is 1. The molecule has 3 aromatic rings. The highest BCUT2D eigenvalue weighted by atomic mass is 32.2. The fourth-order valence-corrected chi connectivity index (χ4v) is 4.33. The summed E-state index contributed by atoms with van der Waals surface area (Å²) in [6.45, 7) is 0. The van der Waals surface area contributed by atoms with Gasteiger partial charge in [-0.15, -0.1) is 0 Å². The predicted octanol–water partition coefficient (Wildman–Crippen LogP) is 3.68. The summed E-state index contributed by atoms with van der Waals surface area (Å²) < 4.78 is 52.3. The van der Waals surface area contributed by atoms with E-state index in [0.29, 0.717) is 18.4 Å². The number of carbonyl (C=O) groups is 1. The van der Waals surface area contributed by atoms with E-state index in [0.717, 1.165) is 11.6 Å². The number of rotatable bonds is 6. The van der Waals surface area contributed by atoms with Crippen molar-refractivity contribution in [2.75, 3.05) is 0 Å². The summed E-state index contributed by atoms with van der Waals surface area (Å²) in [4.78, 5) is 11.4. The Labute approximate surface area is 161 Å². The quantitative estimate of drug-likeness (QED) is 0.684. The molecule has 0 fully saturated rings. The molecule has 4 nitrogen and oxygen atoms in total. The zero-order valence-corrected chi connectivity index (χ0v) is 15.5. The van der Waals surface area contributed by atoms with Gasteiger partial charge in [-0.05, 0) is 54.3 Å². The third-order valence-corrected chi connectivity index (χ3v) is 6.20. The van der Waals surface area contributed by atoms with E-state index in [1.54, 1.807) is 12.1 Å². The molecule has 144 valence electrons. The largest absolute Gasteiger partial charge is 0.366 e. The van der Waals surface area contributed by atoms with Crippen LogP contribution in [-0.2, 0) is 22.7 Å². The molecule has 0 aliphatic heterocycles. The highest BCUT2D eigenvalue weighted by molar-refractivity contribution is 7.91. The average Bonchev–Trinajstić information content (AvgIpc) is 2.67. The maximum absolute atomic E-state index is 13.7. The minimum Gasteiger partial charge on any atom is -0.366 e. The van der Waals surface area contributed by atoms with Crippen LogP contribution in [0.5, 0.6) is 0 Å². The third-order valence-electron chi connectivity index (χ3n) is 4.37. The lowest BCUT2D eigenvalue weighted by molar-refractivity contribution is 0.0997. The Hall–Kier alpha value is -3.06. The summed E-state index contributed by atoms with van der Waals surface area (Å²) in [5, 5.41) is 0. The van der Waals surface area contributed by atoms with E-state index in [1.165, 1.54) is 48.5 Å². The first-order valence-corrected chi connectivity index (χ1v) is 9.94. The molecule has 0 atom stereocenters. The van der Waals surface area contributed by atoms with E-state index in [4.69, 9.17) is 5.73 Å². The summed E-state index contributed by atoms with van der Waals surface area (Å²) in [6.07, 6.45) is 0.809. The molecule has 0 heterocycles. The third kappa shape index (κ3) is 4.09. The Morgan fingerprint density at radius 3 is 2.21 bits per heavy atom. The van der Waals surface area contributed by atoms with E-state index < -0.39 is 27.4 Å². The first-order chi connectivity index (χ1) is 13.3. The fraction of sp³-hybridized carbons (Fsp3) is 0.0952. The molecule has 0 unspecified atom stereocenters. The Morgan fingerprint density at radius 2 is 1.57 bits per heavy atom. The molecular weight excluding hydrogens is 384 g/mol. The van der Waals surface area contributed by atoms with Gasteiger partial charge in [0.15, 0.2) is 0 Å². The Balaban J connectivity index is 1.81. The molecule has 28 heavy (non-hydrogen) atoms. The van der Waals surface area contributed by atoms with Gasteiger partial charge in [-0.3, -0.25) is 4.79 Å². The molecular formula is C21H17F2NO3S. The minimum atomic E-state index is -3.91. The normalized spacial score (nSPS) is 11.4. The topological polar surface area (TPSA) is 77.2 Å². The molecule has 0 saturated carbocycles. The molecule has 3 rings (SSSR count). The van der Waals surface area contributed by atoms with Crippen molar-refractivity contribution in [1.82, 2.24) is 0 Å². The van der Waals surface area contributed by atoms with Crippen molar-refractivity contribution in [2.24, 2.45) is 5.73 Å². The molecule has 0 saturated heterocycles. The zero-order chi connectivity index (χ0) is 20.3. The van der Waals surface area contributed by atoms with Gasteiger partial charge in [0, 0.05) is 6.07 Å². The fourth-order valence-electron chi connectivity index (χ4n) is 2.87. The molecule has 0 spiro atoms. The first-order valence-electron chi connectivity index (χ1n) is 8.46. The van der Waals surface area contributed by atoms with Gasteiger partial charge in [0.25, 0.3) is 0 Å². The lowest BCUT2D eigenvalue weighted by Crippen LogP contribution is -2.16. The zero-order valence-electron chi connectivity index (χ0n) is 14.7. The number of halogens is 2. The standard InChI is InChI=1S/C21H17F2NO3S/c22-16-10-9-15(19(23)13-16)8-5-14-6-11-17(12-7-14)28(26,27)20-4-2-1-3-18(20)21(24)25/h1-4,6-7,9-13H,5,8H2,(H2,24,25). The van der Waals surface area contributed by atoms with Gasteiger partial charge in [0.05, 0.1) is 15.4 Å². The van der Waals surface area contributed by atoms with Crippen LogP contribution in [0, 0.1) is 11.6 Å². The Kier molecular flexibility index (Phi) is 5.56. The first kappa shape index (κ1) is 19.7. The van der Waals surface area contributed by atoms with Gasteiger partial charge in [0.2, 0.25) is 15.7 Å². The smallest absolute Gasteiger partial charge is 0.250 e. The number of benzene rings is 3. The number of hydrogen-bond donors (Lipinski definition) is 1. The maximum Gasteiger partial charge on any atom is 0.250 e. The lowest BCUT2D eigenvalue weighted by atomic mass is 10.0. The molecule has 0 aliphatic carbocycles. The molecule has 0 aliphatic rings. The van der Waals surface area contributed by atoms with Crippen molar-refractivity contribution in [1.29, 1.82) is 0 Å². The summed E-state index contributed by atoms with van der Waals surface area (Å²) in [5.74, 6) is -2.06. The molecule has 0 bridgehead atoms. The predicted molar refractivity (Wildman–Crippen MR) is 101 cm³/mol. The van der Waals surface area contributed by atoms with Crippen LogP contribution < -0.4 is 5.73 Å². The van der Waals surface area contributed by atoms with Crippen LogP contribution in [0.2, 0.25) is 0 Å². The van der Waals surface area contributed by atoms with Crippen molar-refractivity contribution in [3.63, 3.8) is 0 Å². The van der Waals surface area contributed by atoms with Gasteiger partial charge in [-0.2, -0.15) is 0 Å². The van der Waals surface area contributed by atoms with E-state index in [1.807, 2.05) is 0 Å². The van der Waals surface area contributed by atoms with Gasteiger partial charge >= 0.3 is 0 Å². The molecule has 7 heteroatoms. The van der Waals surface area contributed by atoms with Crippen LogP contribution in [0.1, 0.15) is 21.5 Å². The summed E-state index contributed by atoms with van der Waals surface area (Å²) in [6, 6.07) is 15.3. The van der Waals surface area contributed by atoms with Gasteiger partial charge in [-0.1, -0.05) is 30.3 Å². The van der Waals surface area contributed by atoms with E-state index in [-0.39, 0.29) is 15.4 Å². The number of primary amides is 1. The Bertz CT molecular complexity index is 1130. The van der Waals surface area contributed by atoms with E-state index in [9.17, 15) is 22.0 Å². The van der Waals surface area contributed by atoms with Crippen LogP contribution in [0.4, 0.5) is 8.78 Å². The van der Waals surface area contributed by atoms with Crippen LogP contribution in [-0.4, -0.2) is 14.3 Å². The molecule has 2 N–H and O–H groups in total. The molecule has 0 radical (unpaired) electrons. The maximum atomic E-state index is 13.7. The number of carbonyl (C=O) groups excluding carboxylic acids is 1. The van der Waals surface area contributed by atoms with Gasteiger partial charge in [-0.25, -0.2) is 17.2 Å². The molecule has 1 amide bonds. The van der Waals surface area contributed by atoms with E-state index >= 15 is 0 Å². The van der Waals surface area contributed by atoms with Gasteiger partial charge in [0.1, 0.15) is 11.6 Å². The highest BCUT2D eigenvalue weighted by Crippen LogP contribution is 2.24. The second-order valence-corrected chi connectivity index (χ2v) is 8.16. The number of amides is 1. The molecule has 0 aromatic heterocycles. The summed E-state index contributed by atoms with van der Waals surface area (Å²) >= 11 is 0. The van der Waals surface area contributed by atoms with Crippen molar-refractivity contribution < 1.29 is 22.0 Å². The Morgan fingerprint density at radius 1 is 0.893 bits per heavy atom. The van der Waals surface area contributed by atoms with Gasteiger partial charge < -0.3 is 5.73 Å². The van der Waals surface area contributed by atoms with Crippen molar-refractivity contribution in [2.45, 2.75) is 22.6 Å². The number of hydrogen-bond acceptors (Lipinski definition) is 3. The molecule has 3 aromatic carbocycles. The SMILES string of the molecule is NC(=O)c1ccccc1S(=O)(=O)c1ccc(CCc2ccc(F)cc2F)cc1. The average molecular weight is 401 g/mol. The van der Waals surface area contributed by atoms with E-state index in [2.05, 4.69) is 0 Å². The summed E-state index contributed by atoms with van der Waals surface area (Å²) in [7, 11) is -3.91. The second-order valence-electron chi connectivity index (χ2n) is 6.24. The monoisotopic (exact) mass is 401 g/mol. The number of nitrogens with two attached hydrogens (primary N) is 1. The second kappa shape index (κ2) is 7.90. The lowest BCUT2D eigenvalue weighted by Gasteiger charge is -2.09. The minimum absolute atomic E-state index is 0.0258.